The van der Waals surface area contributed by atoms with Crippen molar-refractivity contribution in [3.05, 3.63) is 95.0 Å². The first kappa shape index (κ1) is 22.9. The van der Waals surface area contributed by atoms with Crippen LogP contribution >= 0.6 is 11.3 Å². The number of benzene rings is 2. The monoisotopic (exact) mass is 490 g/mol. The van der Waals surface area contributed by atoms with E-state index in [1.165, 1.54) is 23.5 Å². The van der Waals surface area contributed by atoms with E-state index >= 15 is 0 Å². The fourth-order valence-electron chi connectivity index (χ4n) is 3.96. The number of halogens is 1. The summed E-state index contributed by atoms with van der Waals surface area (Å²) in [5, 5.41) is 8.63. The molecule has 0 saturated carbocycles. The van der Waals surface area contributed by atoms with E-state index in [4.69, 9.17) is 9.47 Å². The summed E-state index contributed by atoms with van der Waals surface area (Å²) in [7, 11) is 0. The molecule has 1 aliphatic heterocycles. The lowest BCUT2D eigenvalue weighted by atomic mass is 9.91. The SMILES string of the molecule is O=C(C[C@H]1NCCc2cc(OCc3ccccn3)c(Oc3cccc(F)c3)cc21)Nc1nccs1. The van der Waals surface area contributed by atoms with Crippen LogP contribution in [0.1, 0.15) is 29.3 Å². The summed E-state index contributed by atoms with van der Waals surface area (Å²) < 4.78 is 25.9. The first-order chi connectivity index (χ1) is 17.1. The zero-order valence-electron chi connectivity index (χ0n) is 18.7. The molecule has 0 fully saturated rings. The summed E-state index contributed by atoms with van der Waals surface area (Å²) in [5.41, 5.74) is 2.79. The predicted molar refractivity (Wildman–Crippen MR) is 131 cm³/mol. The van der Waals surface area contributed by atoms with Crippen molar-refractivity contribution in [3.63, 3.8) is 0 Å². The number of nitrogens with zero attached hydrogens (tertiary/aromatic N) is 2. The molecule has 1 aliphatic rings. The minimum Gasteiger partial charge on any atom is -0.483 e. The van der Waals surface area contributed by atoms with E-state index in [-0.39, 0.29) is 25.0 Å². The van der Waals surface area contributed by atoms with Gasteiger partial charge >= 0.3 is 0 Å². The molecule has 4 aromatic rings. The Balaban J connectivity index is 1.42. The number of pyridine rings is 1. The summed E-state index contributed by atoms with van der Waals surface area (Å²) in [6, 6.07) is 15.2. The number of thiazole rings is 1. The van der Waals surface area contributed by atoms with Crippen molar-refractivity contribution in [1.29, 1.82) is 0 Å². The minimum absolute atomic E-state index is 0.131. The number of aromatic nitrogens is 2. The van der Waals surface area contributed by atoms with Gasteiger partial charge in [-0.15, -0.1) is 11.3 Å². The van der Waals surface area contributed by atoms with Crippen LogP contribution in [0.25, 0.3) is 0 Å². The maximum atomic E-state index is 13.8. The third-order valence-corrected chi connectivity index (χ3v) is 6.25. The molecule has 2 N–H and O–H groups in total. The topological polar surface area (TPSA) is 85.4 Å². The zero-order valence-corrected chi connectivity index (χ0v) is 19.6. The molecule has 1 atom stereocenters. The largest absolute Gasteiger partial charge is 0.483 e. The van der Waals surface area contributed by atoms with Gasteiger partial charge in [-0.2, -0.15) is 0 Å². The quantitative estimate of drug-likeness (QED) is 0.350. The van der Waals surface area contributed by atoms with E-state index in [2.05, 4.69) is 20.6 Å². The molecule has 178 valence electrons. The Kier molecular flexibility index (Phi) is 6.97. The van der Waals surface area contributed by atoms with Crippen molar-refractivity contribution in [2.75, 3.05) is 11.9 Å². The van der Waals surface area contributed by atoms with Crippen LogP contribution in [0.15, 0.2) is 72.4 Å². The van der Waals surface area contributed by atoms with Gasteiger partial charge in [0.1, 0.15) is 18.2 Å². The van der Waals surface area contributed by atoms with Gasteiger partial charge in [-0.05, 0) is 60.5 Å². The number of nitrogens with one attached hydrogen (secondary N) is 2. The van der Waals surface area contributed by atoms with Crippen LogP contribution in [-0.2, 0) is 17.8 Å². The molecule has 0 aliphatic carbocycles. The van der Waals surface area contributed by atoms with Crippen molar-refractivity contribution in [1.82, 2.24) is 15.3 Å². The maximum absolute atomic E-state index is 13.8. The smallest absolute Gasteiger partial charge is 0.228 e. The van der Waals surface area contributed by atoms with Gasteiger partial charge in [-0.1, -0.05) is 12.1 Å². The van der Waals surface area contributed by atoms with Crippen LogP contribution in [0.4, 0.5) is 9.52 Å². The molecule has 2 aromatic carbocycles. The van der Waals surface area contributed by atoms with E-state index in [9.17, 15) is 9.18 Å². The average Bonchev–Trinajstić information content (AvgIpc) is 3.37. The van der Waals surface area contributed by atoms with E-state index in [1.54, 1.807) is 24.5 Å². The van der Waals surface area contributed by atoms with Crippen LogP contribution in [0.2, 0.25) is 0 Å². The normalized spacial score (nSPS) is 14.7. The molecule has 0 bridgehead atoms. The summed E-state index contributed by atoms with van der Waals surface area (Å²) in [6.07, 6.45) is 4.37. The number of hydrogen-bond donors (Lipinski definition) is 2. The van der Waals surface area contributed by atoms with Crippen LogP contribution in [0.5, 0.6) is 17.2 Å². The highest BCUT2D eigenvalue weighted by atomic mass is 32.1. The van der Waals surface area contributed by atoms with Crippen LogP contribution in [0, 0.1) is 5.82 Å². The van der Waals surface area contributed by atoms with Gasteiger partial charge < -0.3 is 20.1 Å². The van der Waals surface area contributed by atoms with Gasteiger partial charge in [0, 0.05) is 36.3 Å². The van der Waals surface area contributed by atoms with Gasteiger partial charge in [0.25, 0.3) is 0 Å². The van der Waals surface area contributed by atoms with Crippen LogP contribution < -0.4 is 20.1 Å². The fraction of sp³-hybridized carbons (Fsp3) is 0.192. The summed E-state index contributed by atoms with van der Waals surface area (Å²) in [5.74, 6) is 0.809. The number of anilines is 1. The Morgan fingerprint density at radius 2 is 2.06 bits per heavy atom. The Bertz CT molecular complexity index is 1300. The first-order valence-corrected chi connectivity index (χ1v) is 12.1. The predicted octanol–water partition coefficient (Wildman–Crippen LogP) is 5.26. The molecular weight excluding hydrogens is 467 g/mol. The second-order valence-corrected chi connectivity index (χ2v) is 8.91. The Morgan fingerprint density at radius 3 is 2.86 bits per heavy atom. The zero-order chi connectivity index (χ0) is 24.0. The maximum Gasteiger partial charge on any atom is 0.228 e. The molecule has 5 rings (SSSR count). The Morgan fingerprint density at radius 1 is 1.11 bits per heavy atom. The van der Waals surface area contributed by atoms with Crippen LogP contribution in [-0.4, -0.2) is 22.4 Å². The van der Waals surface area contributed by atoms with Gasteiger partial charge in [0.15, 0.2) is 16.6 Å². The lowest BCUT2D eigenvalue weighted by Crippen LogP contribution is -2.32. The van der Waals surface area contributed by atoms with Crippen molar-refractivity contribution < 1.29 is 18.7 Å². The highest BCUT2D eigenvalue weighted by molar-refractivity contribution is 7.13. The van der Waals surface area contributed by atoms with E-state index in [0.29, 0.717) is 22.4 Å². The molecule has 9 heteroatoms. The summed E-state index contributed by atoms with van der Waals surface area (Å²) in [6.45, 7) is 0.989. The standard InChI is InChI=1S/C26H23FN4O3S/c27-18-4-3-6-20(13-18)34-24-14-21-17(12-23(24)33-16-19-5-1-2-8-28-19)7-9-29-22(21)15-25(32)31-26-30-10-11-35-26/h1-6,8,10-14,22,29H,7,9,15-16H2,(H,30,31,32)/t22-/m1/s1. The van der Waals surface area contributed by atoms with Crippen molar-refractivity contribution in [3.8, 4) is 17.2 Å². The fourth-order valence-corrected chi connectivity index (χ4v) is 4.50. The summed E-state index contributed by atoms with van der Waals surface area (Å²) >= 11 is 1.37. The number of fused-ring (bicyclic) bond motifs is 1. The van der Waals surface area contributed by atoms with Gasteiger partial charge in [-0.3, -0.25) is 9.78 Å². The highest BCUT2D eigenvalue weighted by Crippen LogP contribution is 2.39. The second kappa shape index (κ2) is 10.6. The second-order valence-electron chi connectivity index (χ2n) is 8.01. The number of rotatable bonds is 8. The lowest BCUT2D eigenvalue weighted by Gasteiger charge is -2.28. The molecule has 3 heterocycles. The van der Waals surface area contributed by atoms with Crippen molar-refractivity contribution in [2.24, 2.45) is 0 Å². The highest BCUT2D eigenvalue weighted by Gasteiger charge is 2.25. The number of carbonyl (C=O) groups excluding carboxylic acids is 1. The summed E-state index contributed by atoms with van der Waals surface area (Å²) in [4.78, 5) is 21.1. The van der Waals surface area contributed by atoms with Crippen molar-refractivity contribution in [2.45, 2.75) is 25.5 Å². The average molecular weight is 491 g/mol. The molecule has 0 radical (unpaired) electrons. The minimum atomic E-state index is -0.394. The number of hydrogen-bond acceptors (Lipinski definition) is 7. The number of amides is 1. The molecule has 0 unspecified atom stereocenters. The molecule has 1 amide bonds. The van der Waals surface area contributed by atoms with Crippen LogP contribution in [0.3, 0.4) is 0 Å². The first-order valence-electron chi connectivity index (χ1n) is 11.2. The third-order valence-electron chi connectivity index (χ3n) is 5.56. The molecule has 35 heavy (non-hydrogen) atoms. The molecular formula is C26H23FN4O3S. The molecule has 0 spiro atoms. The van der Waals surface area contributed by atoms with E-state index < -0.39 is 5.82 Å². The van der Waals surface area contributed by atoms with E-state index in [1.807, 2.05) is 35.7 Å². The van der Waals surface area contributed by atoms with Gasteiger partial charge in [0.05, 0.1) is 5.69 Å². The number of carbonyl (C=O) groups is 1. The van der Waals surface area contributed by atoms with Gasteiger partial charge in [-0.25, -0.2) is 9.37 Å². The number of ether oxygens (including phenoxy) is 2. The molecule has 2 aromatic heterocycles. The molecule has 0 saturated heterocycles. The van der Waals surface area contributed by atoms with Crippen molar-refractivity contribution >= 4 is 22.4 Å². The Labute approximate surface area is 206 Å². The van der Waals surface area contributed by atoms with Gasteiger partial charge in [0.2, 0.25) is 5.91 Å². The van der Waals surface area contributed by atoms with E-state index in [0.717, 1.165) is 29.8 Å². The molecule has 7 nitrogen and oxygen atoms in total. The Hall–Kier alpha value is -3.82. The lowest BCUT2D eigenvalue weighted by molar-refractivity contribution is -0.116. The third kappa shape index (κ3) is 5.82.